The molecule has 0 bridgehead atoms. The van der Waals surface area contributed by atoms with E-state index >= 15 is 0 Å². The molecule has 1 saturated carbocycles. The maximum atomic E-state index is 13.5. The second-order valence-electron chi connectivity index (χ2n) is 8.96. The Morgan fingerprint density at radius 2 is 1.91 bits per heavy atom. The normalized spacial score (nSPS) is 20.7. The summed E-state index contributed by atoms with van der Waals surface area (Å²) in [6.07, 6.45) is 7.01. The van der Waals surface area contributed by atoms with Gasteiger partial charge in [0.15, 0.2) is 0 Å². The standard InChI is InChI=1S/C25H30Cl2N4O3/c1-30(17-8-3-2-4-9-17)15-7-14-28-23(32)25(34)19-10-5-6-11-22(19)29-24(33)31(25)18-12-13-20(26)21(27)16-18/h5-6,10-13,16-17,34H,2-4,7-9,14-15H2,1H3,(H,28,32)(H,29,33). The third-order valence-corrected chi connectivity index (χ3v) is 7.46. The molecule has 7 nitrogen and oxygen atoms in total. The van der Waals surface area contributed by atoms with E-state index in [-0.39, 0.29) is 16.3 Å². The number of nitrogens with one attached hydrogen (secondary N) is 2. The zero-order valence-electron chi connectivity index (χ0n) is 19.2. The summed E-state index contributed by atoms with van der Waals surface area (Å²) in [5, 5.41) is 17.9. The predicted molar refractivity (Wildman–Crippen MR) is 135 cm³/mol. The summed E-state index contributed by atoms with van der Waals surface area (Å²) in [7, 11) is 2.12. The number of amides is 3. The van der Waals surface area contributed by atoms with Crippen LogP contribution < -0.4 is 15.5 Å². The fourth-order valence-corrected chi connectivity index (χ4v) is 5.14. The lowest BCUT2D eigenvalue weighted by atomic mass is 9.94. The summed E-state index contributed by atoms with van der Waals surface area (Å²) in [4.78, 5) is 29.9. The minimum atomic E-state index is -2.26. The molecule has 9 heteroatoms. The molecule has 34 heavy (non-hydrogen) atoms. The lowest BCUT2D eigenvalue weighted by molar-refractivity contribution is -0.140. The van der Waals surface area contributed by atoms with E-state index in [0.717, 1.165) is 17.9 Å². The topological polar surface area (TPSA) is 84.9 Å². The van der Waals surface area contributed by atoms with Crippen molar-refractivity contribution < 1.29 is 14.7 Å². The maximum absolute atomic E-state index is 13.5. The first-order valence-electron chi connectivity index (χ1n) is 11.7. The van der Waals surface area contributed by atoms with E-state index in [1.165, 1.54) is 44.2 Å². The molecule has 1 heterocycles. The molecule has 1 aliphatic carbocycles. The molecule has 2 aromatic rings. The van der Waals surface area contributed by atoms with Crippen molar-refractivity contribution in [3.05, 3.63) is 58.1 Å². The van der Waals surface area contributed by atoms with Gasteiger partial charge in [-0.15, -0.1) is 0 Å². The van der Waals surface area contributed by atoms with Crippen LogP contribution in [0.3, 0.4) is 0 Å². The van der Waals surface area contributed by atoms with E-state index in [2.05, 4.69) is 22.6 Å². The Hall–Kier alpha value is -2.32. The largest absolute Gasteiger partial charge is 0.359 e. The fourth-order valence-electron chi connectivity index (χ4n) is 4.84. The van der Waals surface area contributed by atoms with Gasteiger partial charge in [0.05, 0.1) is 21.4 Å². The Morgan fingerprint density at radius 3 is 2.65 bits per heavy atom. The first kappa shape index (κ1) is 24.8. The highest BCUT2D eigenvalue weighted by Crippen LogP contribution is 2.41. The van der Waals surface area contributed by atoms with Crippen molar-refractivity contribution in [3.63, 3.8) is 0 Å². The number of aliphatic hydroxyl groups is 1. The molecule has 1 fully saturated rings. The first-order chi connectivity index (χ1) is 16.3. The molecule has 4 rings (SSSR count). The second-order valence-corrected chi connectivity index (χ2v) is 9.78. The second kappa shape index (κ2) is 10.5. The number of benzene rings is 2. The van der Waals surface area contributed by atoms with Gasteiger partial charge in [-0.1, -0.05) is 60.7 Å². The van der Waals surface area contributed by atoms with Crippen molar-refractivity contribution in [3.8, 4) is 0 Å². The van der Waals surface area contributed by atoms with Crippen LogP contribution in [0.1, 0.15) is 44.1 Å². The van der Waals surface area contributed by atoms with E-state index in [1.807, 2.05) is 0 Å². The Morgan fingerprint density at radius 1 is 1.18 bits per heavy atom. The minimum absolute atomic E-state index is 0.208. The minimum Gasteiger partial charge on any atom is -0.359 e. The number of nitrogens with zero attached hydrogens (tertiary/aromatic N) is 2. The predicted octanol–water partition coefficient (Wildman–Crippen LogP) is 4.96. The molecule has 0 saturated heterocycles. The van der Waals surface area contributed by atoms with Gasteiger partial charge >= 0.3 is 6.03 Å². The highest BCUT2D eigenvalue weighted by Gasteiger charge is 2.51. The third-order valence-electron chi connectivity index (χ3n) is 6.72. The van der Waals surface area contributed by atoms with Crippen molar-refractivity contribution in [1.29, 1.82) is 0 Å². The van der Waals surface area contributed by atoms with Crippen molar-refractivity contribution in [2.75, 3.05) is 30.4 Å². The molecule has 2 aliphatic rings. The summed E-state index contributed by atoms with van der Waals surface area (Å²) < 4.78 is 0. The number of urea groups is 1. The zero-order chi connectivity index (χ0) is 24.3. The van der Waals surface area contributed by atoms with Gasteiger partial charge < -0.3 is 20.6 Å². The van der Waals surface area contributed by atoms with Crippen molar-refractivity contribution in [2.45, 2.75) is 50.3 Å². The van der Waals surface area contributed by atoms with Crippen LogP contribution in [0, 0.1) is 0 Å². The van der Waals surface area contributed by atoms with Gasteiger partial charge in [-0.05, 0) is 57.1 Å². The number of para-hydroxylation sites is 1. The number of hydrogen-bond acceptors (Lipinski definition) is 4. The maximum Gasteiger partial charge on any atom is 0.329 e. The van der Waals surface area contributed by atoms with Crippen LogP contribution in [-0.4, -0.2) is 48.1 Å². The molecule has 1 aliphatic heterocycles. The van der Waals surface area contributed by atoms with Gasteiger partial charge in [-0.25, -0.2) is 4.79 Å². The Labute approximate surface area is 210 Å². The van der Waals surface area contributed by atoms with Crippen molar-refractivity contribution in [2.24, 2.45) is 0 Å². The van der Waals surface area contributed by atoms with E-state index in [9.17, 15) is 14.7 Å². The number of carbonyl (C=O) groups is 2. The van der Waals surface area contributed by atoms with Crippen LogP contribution in [0.5, 0.6) is 0 Å². The molecule has 0 radical (unpaired) electrons. The molecule has 2 aromatic carbocycles. The lowest BCUT2D eigenvalue weighted by Gasteiger charge is -2.42. The molecule has 182 valence electrons. The number of halogens is 2. The summed E-state index contributed by atoms with van der Waals surface area (Å²) >= 11 is 12.2. The molecular formula is C25H30Cl2N4O3. The molecule has 1 unspecified atom stereocenters. The van der Waals surface area contributed by atoms with Gasteiger partial charge in [-0.3, -0.25) is 9.69 Å². The molecule has 3 amide bonds. The quantitative estimate of drug-likeness (QED) is 0.465. The smallest absolute Gasteiger partial charge is 0.329 e. The van der Waals surface area contributed by atoms with Crippen LogP contribution in [0.25, 0.3) is 0 Å². The highest BCUT2D eigenvalue weighted by molar-refractivity contribution is 6.42. The van der Waals surface area contributed by atoms with Gasteiger partial charge in [0, 0.05) is 18.2 Å². The van der Waals surface area contributed by atoms with Gasteiger partial charge in [0.2, 0.25) is 0 Å². The number of hydrogen-bond donors (Lipinski definition) is 3. The van der Waals surface area contributed by atoms with Crippen LogP contribution >= 0.6 is 23.2 Å². The van der Waals surface area contributed by atoms with E-state index < -0.39 is 17.7 Å². The lowest BCUT2D eigenvalue weighted by Crippen LogP contribution is -2.62. The average Bonchev–Trinajstić information content (AvgIpc) is 2.84. The molecule has 3 N–H and O–H groups in total. The van der Waals surface area contributed by atoms with Crippen LogP contribution in [0.4, 0.5) is 16.2 Å². The zero-order valence-corrected chi connectivity index (χ0v) is 20.7. The van der Waals surface area contributed by atoms with Crippen LogP contribution in [-0.2, 0) is 10.5 Å². The summed E-state index contributed by atoms with van der Waals surface area (Å²) in [5.74, 6) is -0.679. The average molecular weight is 505 g/mol. The van der Waals surface area contributed by atoms with Gasteiger partial charge in [-0.2, -0.15) is 0 Å². The van der Waals surface area contributed by atoms with Crippen LogP contribution in [0.2, 0.25) is 10.0 Å². The number of rotatable bonds is 7. The summed E-state index contributed by atoms with van der Waals surface area (Å²) in [5.41, 5.74) is -1.36. The van der Waals surface area contributed by atoms with Gasteiger partial charge in [0.25, 0.3) is 11.6 Å². The van der Waals surface area contributed by atoms with Crippen molar-refractivity contribution in [1.82, 2.24) is 10.2 Å². The third kappa shape index (κ3) is 4.89. The first-order valence-corrected chi connectivity index (χ1v) is 12.4. The highest BCUT2D eigenvalue weighted by atomic mass is 35.5. The monoisotopic (exact) mass is 504 g/mol. The van der Waals surface area contributed by atoms with Gasteiger partial charge in [0.1, 0.15) is 0 Å². The molecule has 1 atom stereocenters. The Bertz CT molecular complexity index is 1060. The Balaban J connectivity index is 1.53. The summed E-state index contributed by atoms with van der Waals surface area (Å²) in [6, 6.07) is 11.2. The number of carbonyl (C=O) groups excluding carboxylic acids is 2. The number of fused-ring (bicyclic) bond motifs is 1. The fraction of sp³-hybridized carbons (Fsp3) is 0.440. The molecular weight excluding hydrogens is 475 g/mol. The van der Waals surface area contributed by atoms with E-state index in [0.29, 0.717) is 23.3 Å². The van der Waals surface area contributed by atoms with Crippen LogP contribution in [0.15, 0.2) is 42.5 Å². The Kier molecular flexibility index (Phi) is 7.67. The molecule has 0 spiro atoms. The van der Waals surface area contributed by atoms with Crippen molar-refractivity contribution >= 4 is 46.5 Å². The molecule has 0 aromatic heterocycles. The summed E-state index contributed by atoms with van der Waals surface area (Å²) in [6.45, 7) is 1.22. The van der Waals surface area contributed by atoms with E-state index in [1.54, 1.807) is 30.3 Å². The number of anilines is 2. The van der Waals surface area contributed by atoms with E-state index in [4.69, 9.17) is 23.2 Å². The SMILES string of the molecule is CN(CCCNC(=O)C1(O)c2ccccc2NC(=O)N1c1ccc(Cl)c(Cl)c1)C1CCCCC1.